The van der Waals surface area contributed by atoms with Crippen molar-refractivity contribution in [2.24, 2.45) is 11.8 Å². The van der Waals surface area contributed by atoms with E-state index in [4.69, 9.17) is 0 Å². The molecule has 0 unspecified atom stereocenters. The number of halogens is 1. The summed E-state index contributed by atoms with van der Waals surface area (Å²) in [7, 11) is 0. The first-order chi connectivity index (χ1) is 17.4. The van der Waals surface area contributed by atoms with Crippen molar-refractivity contribution in [1.29, 1.82) is 0 Å². The summed E-state index contributed by atoms with van der Waals surface area (Å²) < 4.78 is 15.6. The first kappa shape index (κ1) is 24.4. The van der Waals surface area contributed by atoms with Crippen LogP contribution in [-0.2, 0) is 11.3 Å². The molecule has 1 saturated heterocycles. The number of hydrogen-bond acceptors (Lipinski definition) is 4. The van der Waals surface area contributed by atoms with Gasteiger partial charge in [-0.15, -0.1) is 0 Å². The minimum absolute atomic E-state index is 0.0696. The fourth-order valence-corrected chi connectivity index (χ4v) is 6.12. The highest BCUT2D eigenvalue weighted by molar-refractivity contribution is 5.83. The van der Waals surface area contributed by atoms with Gasteiger partial charge in [0.1, 0.15) is 5.82 Å². The molecule has 0 saturated carbocycles. The van der Waals surface area contributed by atoms with Gasteiger partial charge in [-0.25, -0.2) is 4.39 Å². The fourth-order valence-electron chi connectivity index (χ4n) is 6.12. The highest BCUT2D eigenvalue weighted by atomic mass is 19.1. The smallest absolute Gasteiger partial charge is 0.258 e. The Morgan fingerprint density at radius 1 is 1.14 bits per heavy atom. The molecule has 2 aliphatic rings. The summed E-state index contributed by atoms with van der Waals surface area (Å²) in [5.74, 6) is -0.859. The molecule has 0 aliphatic carbocycles. The van der Waals surface area contributed by atoms with Crippen LogP contribution in [0.2, 0.25) is 0 Å². The van der Waals surface area contributed by atoms with Gasteiger partial charge in [0.05, 0.1) is 18.1 Å². The summed E-state index contributed by atoms with van der Waals surface area (Å²) in [6.07, 6.45) is 0.838. The second kappa shape index (κ2) is 9.99. The first-order valence-corrected chi connectivity index (χ1v) is 12.7. The molecule has 2 aliphatic heterocycles. The highest BCUT2D eigenvalue weighted by Gasteiger charge is 2.55. The quantitative estimate of drug-likeness (QED) is 0.528. The Morgan fingerprint density at radius 3 is 2.61 bits per heavy atom. The molecule has 6 nitrogen and oxygen atoms in total. The number of fused-ring (bicyclic) bond motifs is 3. The molecule has 0 radical (unpaired) electrons. The molecule has 188 valence electrons. The van der Waals surface area contributed by atoms with Crippen LogP contribution in [0.1, 0.15) is 43.6 Å². The number of pyridine rings is 1. The van der Waals surface area contributed by atoms with Crippen LogP contribution in [0.4, 0.5) is 4.39 Å². The van der Waals surface area contributed by atoms with E-state index in [0.717, 1.165) is 17.7 Å². The normalized spacial score (nSPS) is 23.8. The van der Waals surface area contributed by atoms with E-state index in [1.807, 2.05) is 43.3 Å². The lowest BCUT2D eigenvalue weighted by Crippen LogP contribution is -2.49. The molecule has 2 N–H and O–H groups in total. The van der Waals surface area contributed by atoms with Crippen molar-refractivity contribution < 1.29 is 14.3 Å². The lowest BCUT2D eigenvalue weighted by Gasteiger charge is -2.31. The number of aliphatic hydroxyl groups is 1. The zero-order valence-electron chi connectivity index (χ0n) is 20.6. The molecule has 3 heterocycles. The molecule has 5 rings (SSSR count). The summed E-state index contributed by atoms with van der Waals surface area (Å²) in [4.78, 5) is 29.2. The van der Waals surface area contributed by atoms with E-state index >= 15 is 0 Å². The maximum absolute atomic E-state index is 13.8. The molecule has 5 atom stereocenters. The van der Waals surface area contributed by atoms with Gasteiger partial charge in [0.15, 0.2) is 0 Å². The third-order valence-electron chi connectivity index (χ3n) is 7.74. The summed E-state index contributed by atoms with van der Waals surface area (Å²) in [5.41, 5.74) is 2.70. The summed E-state index contributed by atoms with van der Waals surface area (Å²) in [6.45, 7) is 4.99. The monoisotopic (exact) mass is 489 g/mol. The van der Waals surface area contributed by atoms with Gasteiger partial charge in [-0.3, -0.25) is 14.5 Å². The van der Waals surface area contributed by atoms with E-state index in [1.54, 1.807) is 22.8 Å². The molecule has 1 amide bonds. The summed E-state index contributed by atoms with van der Waals surface area (Å²) in [6, 6.07) is 18.8. The van der Waals surface area contributed by atoms with Crippen molar-refractivity contribution in [1.82, 2.24) is 14.8 Å². The molecule has 1 fully saturated rings. The van der Waals surface area contributed by atoms with Crippen LogP contribution >= 0.6 is 0 Å². The van der Waals surface area contributed by atoms with E-state index in [0.29, 0.717) is 24.2 Å². The molecule has 7 heteroatoms. The number of carbonyl (C=O) groups is 1. The van der Waals surface area contributed by atoms with Crippen LogP contribution < -0.4 is 10.9 Å². The van der Waals surface area contributed by atoms with Crippen molar-refractivity contribution in [2.45, 2.75) is 44.9 Å². The van der Waals surface area contributed by atoms with Gasteiger partial charge in [-0.2, -0.15) is 0 Å². The van der Waals surface area contributed by atoms with Crippen LogP contribution in [0.5, 0.6) is 0 Å². The van der Waals surface area contributed by atoms with Crippen LogP contribution in [-0.4, -0.2) is 39.7 Å². The van der Waals surface area contributed by atoms with Crippen LogP contribution in [0.3, 0.4) is 0 Å². The van der Waals surface area contributed by atoms with Crippen molar-refractivity contribution in [3.8, 4) is 11.1 Å². The molecule has 3 aromatic rings. The molecular formula is C29H32FN3O3. The lowest BCUT2D eigenvalue weighted by molar-refractivity contribution is -0.128. The van der Waals surface area contributed by atoms with Gasteiger partial charge >= 0.3 is 0 Å². The maximum atomic E-state index is 13.8. The van der Waals surface area contributed by atoms with Gasteiger partial charge in [0.2, 0.25) is 5.91 Å². The van der Waals surface area contributed by atoms with Gasteiger partial charge in [-0.05, 0) is 55.3 Å². The van der Waals surface area contributed by atoms with E-state index < -0.39 is 6.04 Å². The van der Waals surface area contributed by atoms with E-state index in [2.05, 4.69) is 17.1 Å². The van der Waals surface area contributed by atoms with Crippen molar-refractivity contribution in [2.75, 3.05) is 13.2 Å². The number of rotatable bonds is 7. The number of aliphatic hydroxyl groups excluding tert-OH is 1. The maximum Gasteiger partial charge on any atom is 0.258 e. The predicted molar refractivity (Wildman–Crippen MR) is 137 cm³/mol. The highest BCUT2D eigenvalue weighted by Crippen LogP contribution is 2.49. The number of carbonyl (C=O) groups excluding carboxylic acids is 1. The number of aromatic nitrogens is 1. The largest absolute Gasteiger partial charge is 0.396 e. The predicted octanol–water partition coefficient (Wildman–Crippen LogP) is 3.91. The summed E-state index contributed by atoms with van der Waals surface area (Å²) in [5, 5.41) is 13.6. The molecule has 0 bridgehead atoms. The van der Waals surface area contributed by atoms with Gasteiger partial charge in [0, 0.05) is 36.2 Å². The number of likely N-dealkylation sites (tertiary alicyclic amines) is 1. The average molecular weight is 490 g/mol. The zero-order valence-corrected chi connectivity index (χ0v) is 20.6. The Bertz CT molecular complexity index is 1310. The van der Waals surface area contributed by atoms with Crippen LogP contribution in [0.15, 0.2) is 71.5 Å². The fraction of sp³-hybridized carbons (Fsp3) is 0.379. The molecule has 0 spiro atoms. The van der Waals surface area contributed by atoms with E-state index in [9.17, 15) is 19.1 Å². The van der Waals surface area contributed by atoms with Gasteiger partial charge < -0.3 is 15.0 Å². The van der Waals surface area contributed by atoms with Gasteiger partial charge in [0.25, 0.3) is 5.56 Å². The second-order valence-corrected chi connectivity index (χ2v) is 9.88. The Labute approximate surface area is 210 Å². The molecular weight excluding hydrogens is 457 g/mol. The minimum Gasteiger partial charge on any atom is -0.396 e. The molecule has 1 aromatic heterocycles. The Morgan fingerprint density at radius 2 is 1.92 bits per heavy atom. The topological polar surface area (TPSA) is 74.6 Å². The standard InChI is InChI=1S/C29H32FN3O3/c1-3-14-32-26-23(24(17-34)27(32)28(35)31-18(2)19-8-5-4-6-9-19)16-33-25(26)13-12-22(29(33)36)20-10-7-11-21(30)15-20/h4-13,15,18,23-24,26-27,34H,3,14,16-17H2,1-2H3,(H,31,35)/t18-,23+,24+,26-,27+/m1/s1. The Hall–Kier alpha value is -3.29. The van der Waals surface area contributed by atoms with Crippen LogP contribution in [0.25, 0.3) is 11.1 Å². The summed E-state index contributed by atoms with van der Waals surface area (Å²) >= 11 is 0. The third-order valence-corrected chi connectivity index (χ3v) is 7.74. The number of benzene rings is 2. The number of amides is 1. The lowest BCUT2D eigenvalue weighted by atomic mass is 9.88. The van der Waals surface area contributed by atoms with E-state index in [-0.39, 0.29) is 47.8 Å². The number of nitrogens with one attached hydrogen (secondary N) is 1. The SMILES string of the molecule is CCCN1[C@H](C(=O)N[C@H](C)c2ccccc2)[C@@H](CO)[C@@H]2Cn3c(ccc(-c4cccc(F)c4)c3=O)[C@@H]21. The zero-order chi connectivity index (χ0) is 25.4. The van der Waals surface area contributed by atoms with Crippen molar-refractivity contribution in [3.05, 3.63) is 94.2 Å². The van der Waals surface area contributed by atoms with Crippen LogP contribution in [0, 0.1) is 17.7 Å². The van der Waals surface area contributed by atoms with Crippen molar-refractivity contribution in [3.63, 3.8) is 0 Å². The van der Waals surface area contributed by atoms with Crippen molar-refractivity contribution >= 4 is 5.91 Å². The first-order valence-electron chi connectivity index (χ1n) is 12.7. The number of nitrogens with zero attached hydrogens (tertiary/aromatic N) is 2. The minimum atomic E-state index is -0.483. The third kappa shape index (κ3) is 4.16. The molecule has 36 heavy (non-hydrogen) atoms. The average Bonchev–Trinajstić information content (AvgIpc) is 3.40. The molecule has 2 aromatic carbocycles. The Balaban J connectivity index is 1.48. The number of hydrogen-bond donors (Lipinski definition) is 2. The van der Waals surface area contributed by atoms with Gasteiger partial charge in [-0.1, -0.05) is 49.4 Å². The van der Waals surface area contributed by atoms with E-state index in [1.165, 1.54) is 12.1 Å². The second-order valence-electron chi connectivity index (χ2n) is 9.88. The Kier molecular flexibility index (Phi) is 6.77.